The maximum Gasteiger partial charge on any atom is 0.261 e. The van der Waals surface area contributed by atoms with E-state index >= 15 is 0 Å². The van der Waals surface area contributed by atoms with Crippen LogP contribution >= 0.6 is 0 Å². The zero-order valence-corrected chi connectivity index (χ0v) is 15.5. The molecular weight excluding hydrogens is 338 g/mol. The second-order valence-corrected chi connectivity index (χ2v) is 6.57. The van der Waals surface area contributed by atoms with E-state index in [4.69, 9.17) is 0 Å². The Labute approximate surface area is 157 Å². The van der Waals surface area contributed by atoms with Gasteiger partial charge in [-0.2, -0.15) is 0 Å². The van der Waals surface area contributed by atoms with E-state index in [-0.39, 0.29) is 11.5 Å². The fourth-order valence-corrected chi connectivity index (χ4v) is 3.62. The minimum Gasteiger partial charge on any atom is -0.308 e. The number of anilines is 1. The molecule has 2 aromatic carbocycles. The summed E-state index contributed by atoms with van der Waals surface area (Å²) < 4.78 is 1.62. The first kappa shape index (κ1) is 17.2. The minimum absolute atomic E-state index is 0.0388. The molecule has 1 aliphatic rings. The van der Waals surface area contributed by atoms with E-state index in [0.717, 1.165) is 17.7 Å². The Hall–Kier alpha value is -3.21. The van der Waals surface area contributed by atoms with Crippen molar-refractivity contribution in [3.8, 4) is 0 Å². The number of hydrogen-bond acceptors (Lipinski definition) is 3. The van der Waals surface area contributed by atoms with Crippen molar-refractivity contribution >= 4 is 34.1 Å². The van der Waals surface area contributed by atoms with Crippen LogP contribution in [0.15, 0.2) is 53.3 Å². The SMILES string of the molecule is CCCN1C(=O)C(=Cc2nc3ccccc3c(=O)n2CC)c2ccccc21. The van der Waals surface area contributed by atoms with Crippen LogP contribution in [0.2, 0.25) is 0 Å². The molecule has 1 aliphatic heterocycles. The molecule has 0 bridgehead atoms. The van der Waals surface area contributed by atoms with Crippen molar-refractivity contribution in [1.82, 2.24) is 9.55 Å². The molecule has 0 saturated heterocycles. The second kappa shape index (κ2) is 6.83. The molecule has 0 atom stereocenters. The van der Waals surface area contributed by atoms with Crippen LogP contribution in [-0.4, -0.2) is 22.0 Å². The van der Waals surface area contributed by atoms with E-state index < -0.39 is 0 Å². The summed E-state index contributed by atoms with van der Waals surface area (Å²) in [5.74, 6) is 0.473. The summed E-state index contributed by atoms with van der Waals surface area (Å²) in [5.41, 5.74) is 2.95. The number of aromatic nitrogens is 2. The molecule has 0 fully saturated rings. The lowest BCUT2D eigenvalue weighted by molar-refractivity contribution is -0.113. The highest BCUT2D eigenvalue weighted by atomic mass is 16.2. The molecule has 1 amide bonds. The maximum absolute atomic E-state index is 13.0. The summed E-state index contributed by atoms with van der Waals surface area (Å²) in [6.45, 7) is 5.12. The minimum atomic E-state index is -0.0842. The molecule has 5 nitrogen and oxygen atoms in total. The summed E-state index contributed by atoms with van der Waals surface area (Å²) in [4.78, 5) is 32.4. The Morgan fingerprint density at radius 3 is 2.52 bits per heavy atom. The lowest BCUT2D eigenvalue weighted by atomic mass is 10.1. The highest BCUT2D eigenvalue weighted by Gasteiger charge is 2.31. The monoisotopic (exact) mass is 359 g/mol. The lowest BCUT2D eigenvalue weighted by Crippen LogP contribution is -2.27. The van der Waals surface area contributed by atoms with Gasteiger partial charge in [-0.15, -0.1) is 0 Å². The second-order valence-electron chi connectivity index (χ2n) is 6.57. The van der Waals surface area contributed by atoms with Crippen molar-refractivity contribution in [2.45, 2.75) is 26.8 Å². The predicted octanol–water partition coefficient (Wildman–Crippen LogP) is 3.71. The molecule has 0 aliphatic carbocycles. The first-order valence-electron chi connectivity index (χ1n) is 9.28. The number of para-hydroxylation sites is 2. The van der Waals surface area contributed by atoms with Crippen molar-refractivity contribution in [3.63, 3.8) is 0 Å². The van der Waals surface area contributed by atoms with E-state index in [1.807, 2.05) is 49.4 Å². The van der Waals surface area contributed by atoms with Crippen LogP contribution in [0.3, 0.4) is 0 Å². The molecule has 0 spiro atoms. The third-order valence-electron chi connectivity index (χ3n) is 4.89. The zero-order valence-electron chi connectivity index (χ0n) is 15.5. The van der Waals surface area contributed by atoms with Gasteiger partial charge < -0.3 is 4.90 Å². The molecule has 5 heteroatoms. The predicted molar refractivity (Wildman–Crippen MR) is 109 cm³/mol. The fourth-order valence-electron chi connectivity index (χ4n) is 3.62. The Bertz CT molecular complexity index is 1130. The number of hydrogen-bond donors (Lipinski definition) is 0. The molecule has 0 saturated carbocycles. The van der Waals surface area contributed by atoms with Gasteiger partial charge in [0.2, 0.25) is 0 Å². The molecule has 0 radical (unpaired) electrons. The first-order valence-corrected chi connectivity index (χ1v) is 9.28. The molecule has 136 valence electrons. The molecule has 27 heavy (non-hydrogen) atoms. The maximum atomic E-state index is 13.0. The summed E-state index contributed by atoms with van der Waals surface area (Å²) in [5, 5.41) is 0.590. The quantitative estimate of drug-likeness (QED) is 0.667. The Balaban J connectivity index is 1.94. The number of fused-ring (bicyclic) bond motifs is 2. The van der Waals surface area contributed by atoms with Gasteiger partial charge in [-0.05, 0) is 37.6 Å². The van der Waals surface area contributed by atoms with E-state index in [9.17, 15) is 9.59 Å². The number of amides is 1. The number of rotatable bonds is 4. The average Bonchev–Trinajstić information content (AvgIpc) is 2.95. The third kappa shape index (κ3) is 2.76. The van der Waals surface area contributed by atoms with Gasteiger partial charge in [0.15, 0.2) is 0 Å². The molecular formula is C22H21N3O2. The molecule has 4 rings (SSSR count). The normalized spacial score (nSPS) is 15.0. The van der Waals surface area contributed by atoms with Gasteiger partial charge in [0, 0.05) is 18.7 Å². The van der Waals surface area contributed by atoms with Gasteiger partial charge in [-0.3, -0.25) is 14.2 Å². The molecule has 0 N–H and O–H groups in total. The fraction of sp³-hybridized carbons (Fsp3) is 0.227. The van der Waals surface area contributed by atoms with E-state index in [1.165, 1.54) is 0 Å². The van der Waals surface area contributed by atoms with Crippen molar-refractivity contribution < 1.29 is 4.79 Å². The van der Waals surface area contributed by atoms with Gasteiger partial charge in [0.25, 0.3) is 11.5 Å². The van der Waals surface area contributed by atoms with Crippen LogP contribution in [0.1, 0.15) is 31.7 Å². The molecule has 0 unspecified atom stereocenters. The summed E-state index contributed by atoms with van der Waals surface area (Å²) >= 11 is 0. The van der Waals surface area contributed by atoms with Crippen molar-refractivity contribution in [3.05, 3.63) is 70.3 Å². The Kier molecular flexibility index (Phi) is 4.36. The standard InChI is InChI=1S/C22H21N3O2/c1-3-13-25-19-12-8-6-9-15(19)17(22(25)27)14-20-23-18-11-7-5-10-16(18)21(26)24(20)4-2/h5-12,14H,3-4,13H2,1-2H3. The highest BCUT2D eigenvalue weighted by molar-refractivity contribution is 6.35. The largest absolute Gasteiger partial charge is 0.308 e. The average molecular weight is 359 g/mol. The van der Waals surface area contributed by atoms with E-state index in [0.29, 0.717) is 35.4 Å². The van der Waals surface area contributed by atoms with Gasteiger partial charge in [-0.25, -0.2) is 4.98 Å². The van der Waals surface area contributed by atoms with E-state index in [2.05, 4.69) is 11.9 Å². The Morgan fingerprint density at radius 1 is 1.00 bits per heavy atom. The van der Waals surface area contributed by atoms with Crippen LogP contribution in [0, 0.1) is 0 Å². The van der Waals surface area contributed by atoms with Crippen LogP contribution in [0.25, 0.3) is 22.6 Å². The molecule has 1 aromatic heterocycles. The van der Waals surface area contributed by atoms with Gasteiger partial charge in [0.05, 0.1) is 22.2 Å². The molecule has 2 heterocycles. The number of carbonyl (C=O) groups is 1. The smallest absolute Gasteiger partial charge is 0.261 e. The lowest BCUT2D eigenvalue weighted by Gasteiger charge is -2.15. The van der Waals surface area contributed by atoms with Gasteiger partial charge in [0.1, 0.15) is 5.82 Å². The van der Waals surface area contributed by atoms with Crippen molar-refractivity contribution in [2.75, 3.05) is 11.4 Å². The van der Waals surface area contributed by atoms with Crippen LogP contribution in [0.5, 0.6) is 0 Å². The van der Waals surface area contributed by atoms with Crippen LogP contribution < -0.4 is 10.5 Å². The van der Waals surface area contributed by atoms with Crippen molar-refractivity contribution in [1.29, 1.82) is 0 Å². The first-order chi connectivity index (χ1) is 13.2. The van der Waals surface area contributed by atoms with Gasteiger partial charge >= 0.3 is 0 Å². The zero-order chi connectivity index (χ0) is 19.0. The number of benzene rings is 2. The van der Waals surface area contributed by atoms with Crippen LogP contribution in [-0.2, 0) is 11.3 Å². The Morgan fingerprint density at radius 2 is 1.74 bits per heavy atom. The molecule has 3 aromatic rings. The number of carbonyl (C=O) groups excluding carboxylic acids is 1. The topological polar surface area (TPSA) is 55.2 Å². The van der Waals surface area contributed by atoms with E-state index in [1.54, 1.807) is 21.6 Å². The summed E-state index contributed by atoms with van der Waals surface area (Å²) in [6, 6.07) is 15.1. The summed E-state index contributed by atoms with van der Waals surface area (Å²) in [6.07, 6.45) is 2.63. The van der Waals surface area contributed by atoms with Gasteiger partial charge in [-0.1, -0.05) is 37.3 Å². The summed E-state index contributed by atoms with van der Waals surface area (Å²) in [7, 11) is 0. The van der Waals surface area contributed by atoms with Crippen LogP contribution in [0.4, 0.5) is 5.69 Å². The highest BCUT2D eigenvalue weighted by Crippen LogP contribution is 2.37. The van der Waals surface area contributed by atoms with Crippen molar-refractivity contribution in [2.24, 2.45) is 0 Å². The number of nitrogens with zero attached hydrogens (tertiary/aromatic N) is 3. The third-order valence-corrected chi connectivity index (χ3v) is 4.89.